The van der Waals surface area contributed by atoms with Gasteiger partial charge < -0.3 is 27.6 Å². The summed E-state index contributed by atoms with van der Waals surface area (Å²) in [7, 11) is 4.60. The third-order valence-corrected chi connectivity index (χ3v) is 10.4. The quantitative estimate of drug-likeness (QED) is 0.324. The van der Waals surface area contributed by atoms with E-state index in [0.29, 0.717) is 6.04 Å². The van der Waals surface area contributed by atoms with Gasteiger partial charge in [-0.1, -0.05) is 19.7 Å². The minimum Gasteiger partial charge on any atom is -0.400 e. The van der Waals surface area contributed by atoms with Crippen molar-refractivity contribution in [3.8, 4) is 0 Å². The van der Waals surface area contributed by atoms with E-state index in [1.165, 1.54) is 0 Å². The van der Waals surface area contributed by atoms with Crippen LogP contribution in [0.1, 0.15) is 6.92 Å². The molecule has 10 heteroatoms. The second-order valence-corrected chi connectivity index (χ2v) is 14.5. The Kier molecular flexibility index (Phi) is 12.8. The lowest BCUT2D eigenvalue weighted by molar-refractivity contribution is 0.516. The second-order valence-electron chi connectivity index (χ2n) is 5.55. The first-order valence-corrected chi connectivity index (χ1v) is 13.1. The summed E-state index contributed by atoms with van der Waals surface area (Å²) in [6.45, 7) is 13.7. The number of hydrogen-bond acceptors (Lipinski definition) is 6. The highest BCUT2D eigenvalue weighted by atomic mass is 28.3. The molecule has 0 spiro atoms. The van der Waals surface area contributed by atoms with Gasteiger partial charge in [-0.2, -0.15) is 0 Å². The molecule has 0 fully saturated rings. The van der Waals surface area contributed by atoms with E-state index in [9.17, 15) is 0 Å². The van der Waals surface area contributed by atoms with Crippen LogP contribution in [0.5, 0.6) is 0 Å². The normalized spacial score (nSPS) is 13.9. The third kappa shape index (κ3) is 11.2. The molecule has 0 bridgehead atoms. The predicted molar refractivity (Wildman–Crippen MR) is 115 cm³/mol. The Hall–Kier alpha value is -1.05. The van der Waals surface area contributed by atoms with Gasteiger partial charge in [0.15, 0.2) is 39.4 Å². The number of nitrogens with zero attached hydrogens (tertiary/aromatic N) is 4. The van der Waals surface area contributed by atoms with Crippen LogP contribution in [0.4, 0.5) is 0 Å². The summed E-state index contributed by atoms with van der Waals surface area (Å²) in [5.41, 5.74) is 0. The maximum absolute atomic E-state index is 3.95. The molecule has 0 rings (SSSR count). The topological polar surface area (TPSA) is 37.0 Å². The van der Waals surface area contributed by atoms with Crippen LogP contribution < -0.4 is 9.30 Å². The van der Waals surface area contributed by atoms with E-state index in [2.05, 4.69) is 87.6 Å². The van der Waals surface area contributed by atoms with Crippen LogP contribution >= 0.6 is 0 Å². The van der Waals surface area contributed by atoms with Gasteiger partial charge in [0.25, 0.3) is 0 Å². The van der Waals surface area contributed by atoms with Crippen LogP contribution in [-0.2, 0) is 0 Å². The average Bonchev–Trinajstić information content (AvgIpc) is 2.55. The molecule has 6 nitrogen and oxygen atoms in total. The predicted octanol–water partition coefficient (Wildman–Crippen LogP) is -2.41. The fourth-order valence-corrected chi connectivity index (χ4v) is 8.79. The fourth-order valence-electron chi connectivity index (χ4n) is 1.70. The molecule has 0 heterocycles. The van der Waals surface area contributed by atoms with Crippen molar-refractivity contribution in [2.24, 2.45) is 0 Å². The Morgan fingerprint density at radius 1 is 0.783 bits per heavy atom. The highest BCUT2D eigenvalue weighted by Gasteiger charge is 2.06. The molecule has 0 aliphatic carbocycles. The van der Waals surface area contributed by atoms with Crippen molar-refractivity contribution in [3.63, 3.8) is 0 Å². The number of rotatable bonds is 14. The summed E-state index contributed by atoms with van der Waals surface area (Å²) in [4.78, 5) is 0. The minimum absolute atomic E-state index is 0.371. The SMILES string of the molecule is C=CN(C)[SiH2]N[SiH2]N(C)C=CC(C)N(C=C)[SiH2]N[SiH2]N(C)C=C. The van der Waals surface area contributed by atoms with Crippen LogP contribution in [0.2, 0.25) is 0 Å². The lowest BCUT2D eigenvalue weighted by atomic mass is 10.3. The zero-order valence-electron chi connectivity index (χ0n) is 15.2. The molecule has 0 amide bonds. The summed E-state index contributed by atoms with van der Waals surface area (Å²) in [6, 6.07) is 0.374. The smallest absolute Gasteiger partial charge is 0.193 e. The highest BCUT2D eigenvalue weighted by molar-refractivity contribution is 6.48. The summed E-state index contributed by atoms with van der Waals surface area (Å²) in [5.74, 6) is 0. The van der Waals surface area contributed by atoms with Crippen molar-refractivity contribution < 1.29 is 0 Å². The molecule has 0 saturated heterocycles. The Balaban J connectivity index is 4.13. The standard InChI is InChI=1S/C13H34N6Si4/c1-8-16(5)20-14-22-18(7)12-11-13(4)19(10-3)23-15-21-17(6)9-2/h8-15H,1-3,20-23H2,4-7H3. The van der Waals surface area contributed by atoms with Gasteiger partial charge in [0, 0.05) is 6.04 Å². The van der Waals surface area contributed by atoms with E-state index >= 15 is 0 Å². The molecule has 2 N–H and O–H groups in total. The minimum atomic E-state index is -0.496. The third-order valence-electron chi connectivity index (χ3n) is 3.38. The van der Waals surface area contributed by atoms with Crippen molar-refractivity contribution in [1.82, 2.24) is 27.6 Å². The van der Waals surface area contributed by atoms with Crippen molar-refractivity contribution in [3.05, 3.63) is 50.6 Å². The van der Waals surface area contributed by atoms with Gasteiger partial charge in [-0.15, -0.1) is 0 Å². The van der Waals surface area contributed by atoms with E-state index in [0.717, 1.165) is 0 Å². The Morgan fingerprint density at radius 2 is 1.26 bits per heavy atom. The summed E-state index contributed by atoms with van der Waals surface area (Å²) >= 11 is 0. The molecule has 132 valence electrons. The van der Waals surface area contributed by atoms with Crippen molar-refractivity contribution in [2.45, 2.75) is 13.0 Å². The molecular weight excluding hydrogens is 353 g/mol. The van der Waals surface area contributed by atoms with Gasteiger partial charge in [-0.05, 0) is 58.9 Å². The summed E-state index contributed by atoms with van der Waals surface area (Å²) in [5, 5.41) is 0. The summed E-state index contributed by atoms with van der Waals surface area (Å²) < 4.78 is 16.2. The Morgan fingerprint density at radius 3 is 1.74 bits per heavy atom. The van der Waals surface area contributed by atoms with E-state index < -0.39 is 29.5 Å². The Labute approximate surface area is 151 Å². The van der Waals surface area contributed by atoms with E-state index in [1.807, 2.05) is 18.6 Å². The average molecular weight is 387 g/mol. The largest absolute Gasteiger partial charge is 0.400 e. The second kappa shape index (κ2) is 13.4. The first-order valence-electron chi connectivity index (χ1n) is 7.78. The van der Waals surface area contributed by atoms with Gasteiger partial charge in [0.2, 0.25) is 0 Å². The maximum Gasteiger partial charge on any atom is 0.193 e. The highest BCUT2D eigenvalue weighted by Crippen LogP contribution is 1.99. The molecule has 0 saturated carbocycles. The van der Waals surface area contributed by atoms with Gasteiger partial charge in [-0.3, -0.25) is 0 Å². The van der Waals surface area contributed by atoms with Crippen LogP contribution in [0.15, 0.2) is 50.6 Å². The maximum atomic E-state index is 3.95. The first kappa shape index (κ1) is 21.9. The van der Waals surface area contributed by atoms with E-state index in [1.54, 1.807) is 0 Å². The summed E-state index contributed by atoms with van der Waals surface area (Å²) in [6.07, 6.45) is 10.2. The Bertz CT molecular complexity index is 381. The lowest BCUT2D eigenvalue weighted by Gasteiger charge is -2.27. The molecule has 0 aliphatic rings. The van der Waals surface area contributed by atoms with Crippen molar-refractivity contribution in [2.75, 3.05) is 21.1 Å². The zero-order chi connectivity index (χ0) is 17.7. The molecule has 0 aromatic rings. The van der Waals surface area contributed by atoms with Crippen LogP contribution in [0.25, 0.3) is 0 Å². The number of hydrogen-bond donors (Lipinski definition) is 2. The van der Waals surface area contributed by atoms with Crippen molar-refractivity contribution in [1.29, 1.82) is 0 Å². The van der Waals surface area contributed by atoms with Gasteiger partial charge >= 0.3 is 0 Å². The van der Waals surface area contributed by atoms with Crippen LogP contribution in [0.3, 0.4) is 0 Å². The van der Waals surface area contributed by atoms with E-state index in [-0.39, 0.29) is 9.84 Å². The van der Waals surface area contributed by atoms with Crippen molar-refractivity contribution >= 4 is 39.4 Å². The first-order chi connectivity index (χ1) is 10.9. The molecule has 0 aliphatic heterocycles. The van der Waals surface area contributed by atoms with Crippen LogP contribution in [0, 0.1) is 0 Å². The van der Waals surface area contributed by atoms with Gasteiger partial charge in [0.1, 0.15) is 0 Å². The molecule has 1 unspecified atom stereocenters. The fraction of sp³-hybridized carbons (Fsp3) is 0.385. The lowest BCUT2D eigenvalue weighted by Crippen LogP contribution is -2.44. The molecule has 23 heavy (non-hydrogen) atoms. The molecule has 0 radical (unpaired) electrons. The van der Waals surface area contributed by atoms with Gasteiger partial charge in [-0.25, -0.2) is 0 Å². The molecule has 1 atom stereocenters. The zero-order valence-corrected chi connectivity index (χ0v) is 20.9. The molecule has 0 aromatic heterocycles. The van der Waals surface area contributed by atoms with Crippen LogP contribution in [-0.4, -0.2) is 84.8 Å². The monoisotopic (exact) mass is 386 g/mol. The molecule has 0 aromatic carbocycles. The van der Waals surface area contributed by atoms with E-state index in [4.69, 9.17) is 0 Å². The number of nitrogens with one attached hydrogen (secondary N) is 2. The molecular formula is C13H34N6Si4. The van der Waals surface area contributed by atoms with Gasteiger partial charge in [0.05, 0.1) is 0 Å².